The highest BCUT2D eigenvalue weighted by atomic mass is 79.9. The van der Waals surface area contributed by atoms with Crippen molar-refractivity contribution < 1.29 is 4.74 Å². The van der Waals surface area contributed by atoms with Crippen LogP contribution in [0.3, 0.4) is 0 Å². The minimum atomic E-state index is 0.0566. The Bertz CT molecular complexity index is 525. The molecule has 0 saturated carbocycles. The lowest BCUT2D eigenvalue weighted by molar-refractivity contribution is 0.0565. The molecule has 0 N–H and O–H groups in total. The van der Waals surface area contributed by atoms with Gasteiger partial charge in [-0.2, -0.15) is 0 Å². The summed E-state index contributed by atoms with van der Waals surface area (Å²) in [5.41, 5.74) is 2.34. The van der Waals surface area contributed by atoms with Gasteiger partial charge >= 0.3 is 0 Å². The lowest BCUT2D eigenvalue weighted by Crippen LogP contribution is -2.06. The van der Waals surface area contributed by atoms with Crippen molar-refractivity contribution in [2.75, 3.05) is 5.33 Å². The van der Waals surface area contributed by atoms with Crippen LogP contribution in [0.5, 0.6) is 0 Å². The first-order valence-corrected chi connectivity index (χ1v) is 8.57. The van der Waals surface area contributed by atoms with Crippen LogP contribution in [-0.4, -0.2) is 5.33 Å². The van der Waals surface area contributed by atoms with Gasteiger partial charge in [0.25, 0.3) is 0 Å². The fraction of sp³-hybridized carbons (Fsp3) is 0.200. The maximum atomic E-state index is 5.98. The SMILES string of the molecule is BrCC(OCc1ccc(Br)cc1)c1cccc(Br)c1. The molecule has 0 spiro atoms. The van der Waals surface area contributed by atoms with Gasteiger partial charge in [0.1, 0.15) is 0 Å². The van der Waals surface area contributed by atoms with Gasteiger partial charge in [-0.1, -0.05) is 72.1 Å². The molecule has 1 atom stereocenters. The van der Waals surface area contributed by atoms with Gasteiger partial charge in [0.15, 0.2) is 0 Å². The fourth-order valence-electron chi connectivity index (χ4n) is 1.71. The van der Waals surface area contributed by atoms with E-state index in [1.165, 1.54) is 11.1 Å². The summed E-state index contributed by atoms with van der Waals surface area (Å²) < 4.78 is 8.13. The van der Waals surface area contributed by atoms with Crippen LogP contribution < -0.4 is 0 Å². The molecule has 2 aromatic rings. The van der Waals surface area contributed by atoms with Crippen LogP contribution in [0.4, 0.5) is 0 Å². The Kier molecular flexibility index (Phi) is 6.07. The van der Waals surface area contributed by atoms with Crippen LogP contribution in [0.15, 0.2) is 57.5 Å². The van der Waals surface area contributed by atoms with E-state index in [1.54, 1.807) is 0 Å². The Balaban J connectivity index is 2.01. The molecule has 0 aliphatic carbocycles. The molecule has 0 radical (unpaired) electrons. The number of ether oxygens (including phenoxy) is 1. The summed E-state index contributed by atoms with van der Waals surface area (Å²) in [5, 5.41) is 0.778. The van der Waals surface area contributed by atoms with Crippen LogP contribution >= 0.6 is 47.8 Å². The normalized spacial score (nSPS) is 12.4. The van der Waals surface area contributed by atoms with E-state index in [1.807, 2.05) is 24.3 Å². The van der Waals surface area contributed by atoms with Crippen molar-refractivity contribution >= 4 is 47.8 Å². The summed E-state index contributed by atoms with van der Waals surface area (Å²) in [6, 6.07) is 16.4. The van der Waals surface area contributed by atoms with E-state index < -0.39 is 0 Å². The molecule has 0 fully saturated rings. The first kappa shape index (κ1) is 15.2. The maximum absolute atomic E-state index is 5.98. The Hall–Kier alpha value is -0.160. The first-order chi connectivity index (χ1) is 9.19. The van der Waals surface area contributed by atoms with Crippen LogP contribution in [0.1, 0.15) is 17.2 Å². The second-order valence-electron chi connectivity index (χ2n) is 4.14. The molecule has 0 heterocycles. The lowest BCUT2D eigenvalue weighted by atomic mass is 10.1. The minimum Gasteiger partial charge on any atom is -0.368 e. The smallest absolute Gasteiger partial charge is 0.0926 e. The highest BCUT2D eigenvalue weighted by Gasteiger charge is 2.11. The summed E-state index contributed by atoms with van der Waals surface area (Å²) >= 11 is 10.4. The number of hydrogen-bond acceptors (Lipinski definition) is 1. The summed E-state index contributed by atoms with van der Waals surface area (Å²) in [5.74, 6) is 0. The van der Waals surface area contributed by atoms with E-state index >= 15 is 0 Å². The number of alkyl halides is 1. The van der Waals surface area contributed by atoms with Crippen molar-refractivity contribution in [1.29, 1.82) is 0 Å². The van der Waals surface area contributed by atoms with E-state index in [-0.39, 0.29) is 6.10 Å². The van der Waals surface area contributed by atoms with Gasteiger partial charge in [0.05, 0.1) is 12.7 Å². The van der Waals surface area contributed by atoms with Crippen molar-refractivity contribution in [3.8, 4) is 0 Å². The molecule has 0 amide bonds. The van der Waals surface area contributed by atoms with Gasteiger partial charge in [-0.15, -0.1) is 0 Å². The Morgan fingerprint density at radius 1 is 0.947 bits per heavy atom. The first-order valence-electron chi connectivity index (χ1n) is 5.86. The topological polar surface area (TPSA) is 9.23 Å². The molecule has 1 nitrogen and oxygen atoms in total. The fourth-order valence-corrected chi connectivity index (χ4v) is 2.96. The molecule has 0 bridgehead atoms. The molecule has 19 heavy (non-hydrogen) atoms. The Morgan fingerprint density at radius 3 is 2.32 bits per heavy atom. The summed E-state index contributed by atoms with van der Waals surface area (Å²) in [7, 11) is 0. The number of halogens is 3. The van der Waals surface area contributed by atoms with Gasteiger partial charge in [-0.3, -0.25) is 0 Å². The van der Waals surface area contributed by atoms with E-state index in [0.29, 0.717) is 6.61 Å². The second-order valence-corrected chi connectivity index (χ2v) is 6.61. The highest BCUT2D eigenvalue weighted by molar-refractivity contribution is 9.10. The Morgan fingerprint density at radius 2 is 1.68 bits per heavy atom. The zero-order chi connectivity index (χ0) is 13.7. The molecule has 0 aliphatic rings. The molecule has 4 heteroatoms. The minimum absolute atomic E-state index is 0.0566. The molecule has 2 rings (SSSR count). The van der Waals surface area contributed by atoms with Crippen molar-refractivity contribution in [2.24, 2.45) is 0 Å². The summed E-state index contributed by atoms with van der Waals surface area (Å²) in [4.78, 5) is 0. The van der Waals surface area contributed by atoms with Crippen molar-refractivity contribution in [3.05, 3.63) is 68.6 Å². The van der Waals surface area contributed by atoms with Crippen molar-refractivity contribution in [1.82, 2.24) is 0 Å². The van der Waals surface area contributed by atoms with Gasteiger partial charge in [-0.05, 0) is 35.4 Å². The monoisotopic (exact) mass is 446 g/mol. The van der Waals surface area contributed by atoms with Gasteiger partial charge in [0.2, 0.25) is 0 Å². The lowest BCUT2D eigenvalue weighted by Gasteiger charge is -2.16. The van der Waals surface area contributed by atoms with E-state index in [2.05, 4.69) is 72.1 Å². The number of rotatable bonds is 5. The summed E-state index contributed by atoms with van der Waals surface area (Å²) in [6.07, 6.45) is 0.0566. The number of hydrogen-bond donors (Lipinski definition) is 0. The standard InChI is InChI=1S/C15H13Br3O/c16-9-15(12-2-1-3-14(18)8-12)19-10-11-4-6-13(17)7-5-11/h1-8,15H,9-10H2. The maximum Gasteiger partial charge on any atom is 0.0926 e. The van der Waals surface area contributed by atoms with Gasteiger partial charge in [0, 0.05) is 14.3 Å². The molecule has 1 unspecified atom stereocenters. The zero-order valence-corrected chi connectivity index (χ0v) is 14.9. The zero-order valence-electron chi connectivity index (χ0n) is 10.2. The predicted molar refractivity (Wildman–Crippen MR) is 89.6 cm³/mol. The van der Waals surface area contributed by atoms with Crippen LogP contribution in [0.2, 0.25) is 0 Å². The van der Waals surface area contributed by atoms with Gasteiger partial charge < -0.3 is 4.74 Å². The molecule has 2 aromatic carbocycles. The molecule has 100 valence electrons. The van der Waals surface area contributed by atoms with Crippen molar-refractivity contribution in [2.45, 2.75) is 12.7 Å². The predicted octanol–water partition coefficient (Wildman–Crippen LogP) is 5.86. The van der Waals surface area contributed by atoms with E-state index in [0.717, 1.165) is 14.3 Å². The third kappa shape index (κ3) is 4.71. The van der Waals surface area contributed by atoms with Gasteiger partial charge in [-0.25, -0.2) is 0 Å². The highest BCUT2D eigenvalue weighted by Crippen LogP contribution is 2.24. The van der Waals surface area contributed by atoms with Crippen LogP contribution in [-0.2, 0) is 11.3 Å². The molecule has 0 aromatic heterocycles. The van der Waals surface area contributed by atoms with E-state index in [9.17, 15) is 0 Å². The quantitative estimate of drug-likeness (QED) is 0.520. The molecular formula is C15H13Br3O. The molecular weight excluding hydrogens is 436 g/mol. The van der Waals surface area contributed by atoms with E-state index in [4.69, 9.17) is 4.74 Å². The van der Waals surface area contributed by atoms with Crippen LogP contribution in [0, 0.1) is 0 Å². The summed E-state index contributed by atoms with van der Waals surface area (Å²) in [6.45, 7) is 0.607. The molecule has 0 aliphatic heterocycles. The largest absolute Gasteiger partial charge is 0.368 e. The average molecular weight is 449 g/mol. The number of benzene rings is 2. The second kappa shape index (κ2) is 7.58. The average Bonchev–Trinajstić information content (AvgIpc) is 2.42. The molecule has 0 saturated heterocycles. The van der Waals surface area contributed by atoms with Crippen LogP contribution in [0.25, 0.3) is 0 Å². The third-order valence-electron chi connectivity index (χ3n) is 2.73. The Labute approximate surface area is 138 Å². The van der Waals surface area contributed by atoms with Crippen molar-refractivity contribution in [3.63, 3.8) is 0 Å². The third-order valence-corrected chi connectivity index (χ3v) is 4.34.